The predicted octanol–water partition coefficient (Wildman–Crippen LogP) is 6.53. The first-order chi connectivity index (χ1) is 24.9. The molecule has 1 aromatic heterocycles. The molecule has 9 nitrogen and oxygen atoms in total. The van der Waals surface area contributed by atoms with Gasteiger partial charge < -0.3 is 14.7 Å². The zero-order valence-corrected chi connectivity index (χ0v) is 29.4. The number of carbonyl (C=O) groups is 3. The summed E-state index contributed by atoms with van der Waals surface area (Å²) in [6, 6.07) is 29.7. The lowest BCUT2D eigenvalue weighted by Crippen LogP contribution is -2.47. The second-order valence-corrected chi connectivity index (χ2v) is 14.1. The highest BCUT2D eigenvalue weighted by molar-refractivity contribution is 7.13. The number of aliphatic carboxylic acids is 1. The monoisotopic (exact) mass is 702 g/mol. The van der Waals surface area contributed by atoms with Crippen LogP contribution in [0.4, 0.5) is 5.82 Å². The van der Waals surface area contributed by atoms with Crippen molar-refractivity contribution in [1.29, 1.82) is 0 Å². The summed E-state index contributed by atoms with van der Waals surface area (Å²) in [5.41, 5.74) is 5.03. The minimum Gasteiger partial charge on any atom is -0.493 e. The molecule has 4 aromatic carbocycles. The number of hydrogen-bond acceptors (Lipinski definition) is 8. The number of carboxylic acid groups (broad SMARTS) is 1. The van der Waals surface area contributed by atoms with Crippen molar-refractivity contribution in [2.75, 3.05) is 50.8 Å². The first kappa shape index (κ1) is 34.4. The van der Waals surface area contributed by atoms with Gasteiger partial charge in [-0.3, -0.25) is 24.2 Å². The van der Waals surface area contributed by atoms with Crippen LogP contribution < -0.4 is 9.64 Å². The second kappa shape index (κ2) is 15.9. The van der Waals surface area contributed by atoms with Gasteiger partial charge in [-0.25, -0.2) is 0 Å². The first-order valence-electron chi connectivity index (χ1n) is 17.7. The van der Waals surface area contributed by atoms with Gasteiger partial charge in [0.1, 0.15) is 11.6 Å². The van der Waals surface area contributed by atoms with Crippen molar-refractivity contribution in [2.24, 2.45) is 0 Å². The third-order valence-electron chi connectivity index (χ3n) is 9.80. The Morgan fingerprint density at radius 3 is 2.14 bits per heavy atom. The Labute approximate surface area is 302 Å². The number of rotatable bonds is 15. The third-order valence-corrected chi connectivity index (χ3v) is 10.6. The average molecular weight is 703 g/mol. The van der Waals surface area contributed by atoms with E-state index in [1.54, 1.807) is 35.8 Å². The Kier molecular flexibility index (Phi) is 10.7. The lowest BCUT2D eigenvalue weighted by molar-refractivity contribution is -0.136. The number of nitrogens with zero attached hydrogens (tertiary/aromatic N) is 4. The van der Waals surface area contributed by atoms with E-state index in [4.69, 9.17) is 9.11 Å². The number of benzene rings is 4. The van der Waals surface area contributed by atoms with Gasteiger partial charge in [0.15, 0.2) is 0 Å². The molecule has 0 atom stereocenters. The fourth-order valence-electron chi connectivity index (χ4n) is 7.09. The summed E-state index contributed by atoms with van der Waals surface area (Å²) in [6.07, 6.45) is 3.41. The van der Waals surface area contributed by atoms with E-state index in [-0.39, 0.29) is 24.8 Å². The van der Waals surface area contributed by atoms with Crippen molar-refractivity contribution in [3.05, 3.63) is 124 Å². The normalized spacial score (nSPS) is 14.7. The van der Waals surface area contributed by atoms with E-state index in [0.29, 0.717) is 30.6 Å². The molecule has 0 saturated carbocycles. The van der Waals surface area contributed by atoms with Crippen LogP contribution in [0.2, 0.25) is 0 Å². The zero-order valence-electron chi connectivity index (χ0n) is 28.6. The molecular formula is C41H42N4O5S. The number of carbonyl (C=O) groups excluding carboxylic acids is 2. The van der Waals surface area contributed by atoms with Gasteiger partial charge in [-0.1, -0.05) is 60.7 Å². The van der Waals surface area contributed by atoms with Crippen molar-refractivity contribution in [3.8, 4) is 5.75 Å². The SMILES string of the molecule is O=C(O)CCc1cc(CCc2ccccc2OCCCN2CCN(c3nsc4ccccc34)CC2)cc(CCN2C(=O)c3ccccc3C2=O)c1. The molecular weight excluding hydrogens is 661 g/mol. The van der Waals surface area contributed by atoms with Gasteiger partial charge in [-0.05, 0) is 96.2 Å². The van der Waals surface area contributed by atoms with Crippen LogP contribution in [0.1, 0.15) is 55.8 Å². The summed E-state index contributed by atoms with van der Waals surface area (Å²) in [5, 5.41) is 10.6. The number of imide groups is 1. The lowest BCUT2D eigenvalue weighted by Gasteiger charge is -2.35. The molecule has 0 aliphatic carbocycles. The van der Waals surface area contributed by atoms with E-state index in [0.717, 1.165) is 85.8 Å². The van der Waals surface area contributed by atoms with Gasteiger partial charge in [0, 0.05) is 51.1 Å². The first-order valence-corrected chi connectivity index (χ1v) is 18.5. The Hall–Kier alpha value is -5.06. The summed E-state index contributed by atoms with van der Waals surface area (Å²) in [6.45, 7) is 5.85. The van der Waals surface area contributed by atoms with Crippen LogP contribution in [0, 0.1) is 0 Å². The van der Waals surface area contributed by atoms with E-state index >= 15 is 0 Å². The summed E-state index contributed by atoms with van der Waals surface area (Å²) in [5.74, 6) is 0.631. The largest absolute Gasteiger partial charge is 0.493 e. The number of para-hydroxylation sites is 1. The lowest BCUT2D eigenvalue weighted by atomic mass is 9.96. The second-order valence-electron chi connectivity index (χ2n) is 13.2. The maximum atomic E-state index is 12.9. The van der Waals surface area contributed by atoms with Crippen LogP contribution in [0.25, 0.3) is 10.1 Å². The summed E-state index contributed by atoms with van der Waals surface area (Å²) in [4.78, 5) is 43.4. The number of fused-ring (bicyclic) bond motifs is 2. The molecule has 2 aliphatic heterocycles. The molecule has 1 N–H and O–H groups in total. The molecule has 0 radical (unpaired) electrons. The molecule has 2 amide bonds. The van der Waals surface area contributed by atoms with Gasteiger partial charge in [0.05, 0.1) is 22.4 Å². The molecule has 10 heteroatoms. The van der Waals surface area contributed by atoms with Gasteiger partial charge in [0.25, 0.3) is 11.8 Å². The van der Waals surface area contributed by atoms with Gasteiger partial charge in [-0.15, -0.1) is 0 Å². The number of hydrogen-bond donors (Lipinski definition) is 1. The van der Waals surface area contributed by atoms with Crippen LogP contribution in [0.3, 0.4) is 0 Å². The highest BCUT2D eigenvalue weighted by Gasteiger charge is 2.34. The van der Waals surface area contributed by atoms with Crippen LogP contribution >= 0.6 is 11.5 Å². The van der Waals surface area contributed by atoms with Gasteiger partial charge >= 0.3 is 5.97 Å². The number of amides is 2. The maximum absolute atomic E-state index is 12.9. The molecule has 0 unspecified atom stereocenters. The summed E-state index contributed by atoms with van der Waals surface area (Å²) < 4.78 is 12.3. The molecule has 0 spiro atoms. The maximum Gasteiger partial charge on any atom is 0.303 e. The standard InChI is InChI=1S/C41H42N4O5S/c46-38(47)17-15-30-26-29(27-31(28-30)18-20-45-40(48)33-9-2-3-10-34(33)41(45)49)14-16-32-8-1-5-12-36(32)50-25-7-19-43-21-23-44(24-22-43)39-35-11-4-6-13-37(35)51-42-39/h1-6,8-13,26-28H,7,14-25H2,(H,46,47). The summed E-state index contributed by atoms with van der Waals surface area (Å²) in [7, 11) is 0. The fraction of sp³-hybridized carbons (Fsp3) is 0.317. The van der Waals surface area contributed by atoms with Crippen molar-refractivity contribution < 1.29 is 24.2 Å². The number of anilines is 1. The van der Waals surface area contributed by atoms with Gasteiger partial charge in [0.2, 0.25) is 0 Å². The van der Waals surface area contributed by atoms with E-state index < -0.39 is 5.97 Å². The predicted molar refractivity (Wildman–Crippen MR) is 200 cm³/mol. The molecule has 262 valence electrons. The van der Waals surface area contributed by atoms with Crippen molar-refractivity contribution >= 4 is 45.2 Å². The third kappa shape index (κ3) is 8.13. The van der Waals surface area contributed by atoms with Crippen LogP contribution in [-0.2, 0) is 30.5 Å². The Balaban J connectivity index is 0.919. The number of carboxylic acids is 1. The molecule has 0 bridgehead atoms. The molecule has 5 aromatic rings. The molecule has 3 heterocycles. The molecule has 2 aliphatic rings. The number of piperazine rings is 1. The van der Waals surface area contributed by atoms with E-state index in [1.807, 2.05) is 24.3 Å². The molecule has 51 heavy (non-hydrogen) atoms. The van der Waals surface area contributed by atoms with Crippen molar-refractivity contribution in [2.45, 2.75) is 38.5 Å². The van der Waals surface area contributed by atoms with Gasteiger partial charge in [-0.2, -0.15) is 4.37 Å². The zero-order chi connectivity index (χ0) is 35.2. The van der Waals surface area contributed by atoms with Crippen LogP contribution in [0.5, 0.6) is 5.75 Å². The number of aryl methyl sites for hydroxylation is 3. The highest BCUT2D eigenvalue weighted by Crippen LogP contribution is 2.30. The summed E-state index contributed by atoms with van der Waals surface area (Å²) >= 11 is 1.57. The Bertz CT molecular complexity index is 2000. The number of ether oxygens (including phenoxy) is 1. The topological polar surface area (TPSA) is 103 Å². The van der Waals surface area contributed by atoms with Crippen molar-refractivity contribution in [3.63, 3.8) is 0 Å². The minimum absolute atomic E-state index is 0.0383. The smallest absolute Gasteiger partial charge is 0.303 e. The molecule has 1 saturated heterocycles. The van der Waals surface area contributed by atoms with E-state index in [2.05, 4.69) is 52.3 Å². The van der Waals surface area contributed by atoms with E-state index in [1.165, 1.54) is 15.0 Å². The average Bonchev–Trinajstić information content (AvgIpc) is 3.69. The quantitative estimate of drug-likeness (QED) is 0.0971. The molecule has 7 rings (SSSR count). The van der Waals surface area contributed by atoms with Crippen molar-refractivity contribution in [1.82, 2.24) is 14.2 Å². The minimum atomic E-state index is -0.842. The van der Waals surface area contributed by atoms with Crippen LogP contribution in [0.15, 0.2) is 91.0 Å². The molecule has 1 fully saturated rings. The van der Waals surface area contributed by atoms with Crippen LogP contribution in [-0.4, -0.2) is 82.9 Å². The fourth-order valence-corrected chi connectivity index (χ4v) is 7.89. The Morgan fingerprint density at radius 1 is 0.745 bits per heavy atom. The Morgan fingerprint density at radius 2 is 1.39 bits per heavy atom. The van der Waals surface area contributed by atoms with E-state index in [9.17, 15) is 19.5 Å². The number of aromatic nitrogens is 1. The highest BCUT2D eigenvalue weighted by atomic mass is 32.1.